The van der Waals surface area contributed by atoms with Crippen molar-refractivity contribution in [1.82, 2.24) is 15.0 Å². The smallest absolute Gasteiger partial charge is 0.321 e. The highest BCUT2D eigenvalue weighted by Gasteiger charge is 2.18. The summed E-state index contributed by atoms with van der Waals surface area (Å²) in [7, 11) is 1.32. The Hall–Kier alpha value is -1.82. The average molecular weight is 272 g/mol. The van der Waals surface area contributed by atoms with E-state index in [0.717, 1.165) is 6.07 Å². The van der Waals surface area contributed by atoms with E-state index in [1.807, 2.05) is 0 Å². The predicted octanol–water partition coefficient (Wildman–Crippen LogP) is 2.79. The van der Waals surface area contributed by atoms with Crippen molar-refractivity contribution in [2.75, 3.05) is 7.11 Å². The molecule has 0 saturated carbocycles. The molecule has 0 atom stereocenters. The Bertz CT molecular complexity index is 607. The number of aryl methyl sites for hydroxylation is 1. The zero-order chi connectivity index (χ0) is 13.3. The van der Waals surface area contributed by atoms with Crippen LogP contribution in [0.1, 0.15) is 5.56 Å². The third kappa shape index (κ3) is 2.24. The van der Waals surface area contributed by atoms with Gasteiger partial charge >= 0.3 is 6.01 Å². The monoisotopic (exact) mass is 271 g/mol. The first-order chi connectivity index (χ1) is 8.52. The minimum absolute atomic E-state index is 0.106. The molecular formula is C11H8ClF2N3O. The summed E-state index contributed by atoms with van der Waals surface area (Å²) in [6.45, 7) is 1.51. The molecule has 0 spiro atoms. The largest absolute Gasteiger partial charge is 0.467 e. The molecule has 0 amide bonds. The molecular weight excluding hydrogens is 264 g/mol. The van der Waals surface area contributed by atoms with Gasteiger partial charge in [0.05, 0.1) is 12.7 Å². The van der Waals surface area contributed by atoms with E-state index in [0.29, 0.717) is 0 Å². The first-order valence-corrected chi connectivity index (χ1v) is 5.31. The second kappa shape index (κ2) is 4.81. The fourth-order valence-electron chi connectivity index (χ4n) is 1.40. The third-order valence-electron chi connectivity index (χ3n) is 2.28. The molecule has 0 unspecified atom stereocenters. The van der Waals surface area contributed by atoms with E-state index in [9.17, 15) is 8.78 Å². The van der Waals surface area contributed by atoms with Gasteiger partial charge in [-0.1, -0.05) is 6.07 Å². The van der Waals surface area contributed by atoms with E-state index in [4.69, 9.17) is 16.3 Å². The molecule has 0 aliphatic heterocycles. The number of methoxy groups -OCH3 is 1. The Morgan fingerprint density at radius 2 is 1.89 bits per heavy atom. The van der Waals surface area contributed by atoms with Crippen molar-refractivity contribution in [2.24, 2.45) is 0 Å². The number of rotatable bonds is 2. The number of hydrogen-bond acceptors (Lipinski definition) is 4. The summed E-state index contributed by atoms with van der Waals surface area (Å²) >= 11 is 5.64. The standard InChI is InChI=1S/C11H8ClF2N3O/c1-5-3-4-6(13)7(8(5)14)9-15-10(12)17-11(16-9)18-2/h3-4H,1-2H3. The maximum atomic E-state index is 13.9. The van der Waals surface area contributed by atoms with E-state index in [1.54, 1.807) is 0 Å². The van der Waals surface area contributed by atoms with Crippen molar-refractivity contribution >= 4 is 11.6 Å². The van der Waals surface area contributed by atoms with Crippen LogP contribution in [0.25, 0.3) is 11.4 Å². The average Bonchev–Trinajstić information content (AvgIpc) is 2.34. The Labute approximate surface area is 107 Å². The molecule has 7 heteroatoms. The van der Waals surface area contributed by atoms with Crippen LogP contribution in [0.15, 0.2) is 12.1 Å². The Kier molecular flexibility index (Phi) is 3.38. The Balaban J connectivity index is 2.69. The maximum Gasteiger partial charge on any atom is 0.321 e. The minimum atomic E-state index is -0.776. The first-order valence-electron chi connectivity index (χ1n) is 4.93. The van der Waals surface area contributed by atoms with Crippen LogP contribution in [-0.2, 0) is 0 Å². The summed E-state index contributed by atoms with van der Waals surface area (Å²) in [5.41, 5.74) is -0.0699. The van der Waals surface area contributed by atoms with Gasteiger partial charge in [0, 0.05) is 0 Å². The van der Waals surface area contributed by atoms with Crippen molar-refractivity contribution < 1.29 is 13.5 Å². The summed E-state index contributed by atoms with van der Waals surface area (Å²) < 4.78 is 32.3. The van der Waals surface area contributed by atoms with Gasteiger partial charge < -0.3 is 4.74 Å². The molecule has 0 N–H and O–H groups in total. The van der Waals surface area contributed by atoms with E-state index < -0.39 is 11.6 Å². The molecule has 1 heterocycles. The topological polar surface area (TPSA) is 47.9 Å². The van der Waals surface area contributed by atoms with Crippen LogP contribution in [-0.4, -0.2) is 22.1 Å². The highest BCUT2D eigenvalue weighted by Crippen LogP contribution is 2.26. The quantitative estimate of drug-likeness (QED) is 0.843. The normalized spacial score (nSPS) is 10.5. The lowest BCUT2D eigenvalue weighted by Crippen LogP contribution is -2.02. The van der Waals surface area contributed by atoms with E-state index in [2.05, 4.69) is 15.0 Å². The minimum Gasteiger partial charge on any atom is -0.467 e. The molecule has 0 saturated heterocycles. The second-order valence-electron chi connectivity index (χ2n) is 3.47. The fraction of sp³-hybridized carbons (Fsp3) is 0.182. The SMILES string of the molecule is COc1nc(Cl)nc(-c2c(F)ccc(C)c2F)n1. The highest BCUT2D eigenvalue weighted by molar-refractivity contribution is 6.28. The lowest BCUT2D eigenvalue weighted by molar-refractivity contribution is 0.378. The zero-order valence-corrected chi connectivity index (χ0v) is 10.3. The third-order valence-corrected chi connectivity index (χ3v) is 2.45. The van der Waals surface area contributed by atoms with E-state index in [-0.39, 0.29) is 28.2 Å². The van der Waals surface area contributed by atoms with Crippen LogP contribution in [0.4, 0.5) is 8.78 Å². The molecule has 0 fully saturated rings. The number of hydrogen-bond donors (Lipinski definition) is 0. The van der Waals surface area contributed by atoms with E-state index in [1.165, 1.54) is 20.1 Å². The predicted molar refractivity (Wildman–Crippen MR) is 61.5 cm³/mol. The molecule has 0 aliphatic carbocycles. The summed E-state index contributed by atoms with van der Waals surface area (Å²) in [4.78, 5) is 11.1. The van der Waals surface area contributed by atoms with Gasteiger partial charge in [0.2, 0.25) is 5.28 Å². The van der Waals surface area contributed by atoms with Crippen molar-refractivity contribution in [1.29, 1.82) is 0 Å². The Morgan fingerprint density at radius 3 is 2.56 bits per heavy atom. The van der Waals surface area contributed by atoms with Gasteiger partial charge in [-0.05, 0) is 30.2 Å². The molecule has 1 aromatic carbocycles. The maximum absolute atomic E-state index is 13.9. The Morgan fingerprint density at radius 1 is 1.17 bits per heavy atom. The number of aromatic nitrogens is 3. The summed E-state index contributed by atoms with van der Waals surface area (Å²) in [6, 6.07) is 2.36. The summed E-state index contributed by atoms with van der Waals surface area (Å²) in [6.07, 6.45) is 0. The molecule has 0 radical (unpaired) electrons. The zero-order valence-electron chi connectivity index (χ0n) is 9.54. The van der Waals surface area contributed by atoms with Gasteiger partial charge in [0.25, 0.3) is 0 Å². The molecule has 94 valence electrons. The van der Waals surface area contributed by atoms with E-state index >= 15 is 0 Å². The van der Waals surface area contributed by atoms with Crippen molar-refractivity contribution in [3.8, 4) is 17.4 Å². The number of benzene rings is 1. The van der Waals surface area contributed by atoms with Crippen molar-refractivity contribution in [2.45, 2.75) is 6.92 Å². The van der Waals surface area contributed by atoms with Crippen molar-refractivity contribution in [3.05, 3.63) is 34.6 Å². The first kappa shape index (κ1) is 12.6. The fourth-order valence-corrected chi connectivity index (χ4v) is 1.55. The molecule has 0 bridgehead atoms. The number of nitrogens with zero attached hydrogens (tertiary/aromatic N) is 3. The number of halogens is 3. The number of ether oxygens (including phenoxy) is 1. The second-order valence-corrected chi connectivity index (χ2v) is 3.81. The van der Waals surface area contributed by atoms with Gasteiger partial charge in [-0.25, -0.2) is 8.78 Å². The van der Waals surface area contributed by atoms with Gasteiger partial charge in [-0.15, -0.1) is 0 Å². The van der Waals surface area contributed by atoms with Crippen LogP contribution in [0.2, 0.25) is 5.28 Å². The van der Waals surface area contributed by atoms with Crippen molar-refractivity contribution in [3.63, 3.8) is 0 Å². The summed E-state index contributed by atoms with van der Waals surface area (Å²) in [5.74, 6) is -1.72. The molecule has 1 aromatic heterocycles. The molecule has 0 aliphatic rings. The van der Waals surface area contributed by atoms with Gasteiger partial charge in [-0.2, -0.15) is 15.0 Å². The van der Waals surface area contributed by atoms with Crippen LogP contribution in [0.3, 0.4) is 0 Å². The molecule has 4 nitrogen and oxygen atoms in total. The lowest BCUT2D eigenvalue weighted by atomic mass is 10.1. The molecule has 18 heavy (non-hydrogen) atoms. The van der Waals surface area contributed by atoms with Gasteiger partial charge in [-0.3, -0.25) is 0 Å². The van der Waals surface area contributed by atoms with Gasteiger partial charge in [0.1, 0.15) is 11.6 Å². The van der Waals surface area contributed by atoms with Crippen LogP contribution in [0.5, 0.6) is 6.01 Å². The highest BCUT2D eigenvalue weighted by atomic mass is 35.5. The van der Waals surface area contributed by atoms with Crippen LogP contribution in [0, 0.1) is 18.6 Å². The van der Waals surface area contributed by atoms with Crippen LogP contribution >= 0.6 is 11.6 Å². The molecule has 2 rings (SSSR count). The molecule has 2 aromatic rings. The van der Waals surface area contributed by atoms with Crippen LogP contribution < -0.4 is 4.74 Å². The lowest BCUT2D eigenvalue weighted by Gasteiger charge is -2.07. The van der Waals surface area contributed by atoms with Gasteiger partial charge in [0.15, 0.2) is 5.82 Å². The summed E-state index contributed by atoms with van der Waals surface area (Å²) in [5, 5.41) is -0.197.